The van der Waals surface area contributed by atoms with Crippen molar-refractivity contribution in [1.82, 2.24) is 4.90 Å². The van der Waals surface area contributed by atoms with Crippen LogP contribution in [0.1, 0.15) is 47.8 Å². The quantitative estimate of drug-likeness (QED) is 0.390. The molecule has 0 bridgehead atoms. The number of thiophene rings is 1. The van der Waals surface area contributed by atoms with Gasteiger partial charge in [-0.2, -0.15) is 0 Å². The van der Waals surface area contributed by atoms with Gasteiger partial charge in [0, 0.05) is 29.8 Å². The van der Waals surface area contributed by atoms with E-state index in [1.54, 1.807) is 23.2 Å². The van der Waals surface area contributed by atoms with Crippen LogP contribution in [-0.2, 0) is 16.0 Å². The molecule has 3 rings (SSSR count). The number of nitrogens with zero attached hydrogens (tertiary/aromatic N) is 1. The normalized spacial score (nSPS) is 16.4. The summed E-state index contributed by atoms with van der Waals surface area (Å²) in [5.74, 6) is -2.67. The van der Waals surface area contributed by atoms with Gasteiger partial charge >= 0.3 is 0 Å². The Balaban J connectivity index is 1.46. The third-order valence-corrected chi connectivity index (χ3v) is 6.13. The molecule has 0 aliphatic carbocycles. The number of ketones is 1. The number of aryl methyl sites for hydroxylation is 1. The Bertz CT molecular complexity index is 865. The lowest BCUT2D eigenvalue weighted by molar-refractivity contribution is -0.140. The van der Waals surface area contributed by atoms with Crippen molar-refractivity contribution in [1.29, 1.82) is 0 Å². The summed E-state index contributed by atoms with van der Waals surface area (Å²) in [6, 6.07) is 6.09. The molecule has 1 aliphatic heterocycles. The maximum absolute atomic E-state index is 14.2. The maximum Gasteiger partial charge on any atom is 0.222 e. The third kappa shape index (κ3) is 6.58. The van der Waals surface area contributed by atoms with Crippen molar-refractivity contribution in [3.8, 4) is 5.75 Å². The third-order valence-electron chi connectivity index (χ3n) is 5.19. The largest absolute Gasteiger partial charge is 0.485 e. The van der Waals surface area contributed by atoms with E-state index in [4.69, 9.17) is 9.47 Å². The van der Waals surface area contributed by atoms with Crippen LogP contribution in [0.15, 0.2) is 29.6 Å². The first-order chi connectivity index (χ1) is 15.0. The van der Waals surface area contributed by atoms with Crippen LogP contribution in [0.3, 0.4) is 0 Å². The Hall–Kier alpha value is -2.32. The van der Waals surface area contributed by atoms with Gasteiger partial charge in [-0.15, -0.1) is 11.3 Å². The van der Waals surface area contributed by atoms with Gasteiger partial charge in [0.1, 0.15) is 12.7 Å². The standard InChI is InChI=1S/C23H27F2NO4S/c1-2-21(27)16-12-19(24)23(20(25)13-16)30-15-17-14-26(9-10-29-17)22(28)8-4-3-6-18-7-5-11-31-18/h5,7,11-13,17H,2-4,6,8-10,14-15H2,1H3. The zero-order chi connectivity index (χ0) is 22.2. The summed E-state index contributed by atoms with van der Waals surface area (Å²) in [7, 11) is 0. The molecule has 2 heterocycles. The summed E-state index contributed by atoms with van der Waals surface area (Å²) in [6.07, 6.45) is 2.90. The number of Topliss-reactive ketones (excluding diaryl/α,β-unsaturated/α-hetero) is 1. The second-order valence-corrected chi connectivity index (χ2v) is 8.51. The number of halogens is 2. The predicted molar refractivity (Wildman–Crippen MR) is 115 cm³/mol. The van der Waals surface area contributed by atoms with Crippen molar-refractivity contribution in [3.63, 3.8) is 0 Å². The first-order valence-corrected chi connectivity index (χ1v) is 11.4. The molecule has 31 heavy (non-hydrogen) atoms. The topological polar surface area (TPSA) is 55.8 Å². The number of hydrogen-bond donors (Lipinski definition) is 0. The van der Waals surface area contributed by atoms with Crippen LogP contribution < -0.4 is 4.74 Å². The molecule has 0 radical (unpaired) electrons. The molecular formula is C23H27F2NO4S. The number of unbranched alkanes of at least 4 members (excludes halogenated alkanes) is 1. The van der Waals surface area contributed by atoms with E-state index in [0.29, 0.717) is 26.1 Å². The minimum Gasteiger partial charge on any atom is -0.485 e. The van der Waals surface area contributed by atoms with Crippen LogP contribution in [0.4, 0.5) is 8.78 Å². The minimum absolute atomic E-state index is 0.0189. The molecule has 1 aromatic carbocycles. The van der Waals surface area contributed by atoms with E-state index in [-0.39, 0.29) is 30.3 Å². The van der Waals surface area contributed by atoms with Gasteiger partial charge in [-0.25, -0.2) is 8.78 Å². The van der Waals surface area contributed by atoms with Gasteiger partial charge in [0.05, 0.1) is 13.2 Å². The fourth-order valence-corrected chi connectivity index (χ4v) is 4.23. The molecule has 1 aliphatic rings. The monoisotopic (exact) mass is 451 g/mol. The van der Waals surface area contributed by atoms with Crippen molar-refractivity contribution >= 4 is 23.0 Å². The van der Waals surface area contributed by atoms with E-state index >= 15 is 0 Å². The second-order valence-electron chi connectivity index (χ2n) is 7.48. The Morgan fingerprint density at radius 1 is 1.26 bits per heavy atom. The summed E-state index contributed by atoms with van der Waals surface area (Å²) in [6.45, 7) is 2.71. The van der Waals surface area contributed by atoms with Gasteiger partial charge in [-0.1, -0.05) is 13.0 Å². The zero-order valence-electron chi connectivity index (χ0n) is 17.6. The molecule has 0 spiro atoms. The van der Waals surface area contributed by atoms with E-state index < -0.39 is 23.5 Å². The van der Waals surface area contributed by atoms with Crippen LogP contribution in [0.2, 0.25) is 0 Å². The average molecular weight is 452 g/mol. The highest BCUT2D eigenvalue weighted by molar-refractivity contribution is 7.09. The summed E-state index contributed by atoms with van der Waals surface area (Å²) < 4.78 is 39.4. The number of benzene rings is 1. The highest BCUT2D eigenvalue weighted by atomic mass is 32.1. The SMILES string of the molecule is CCC(=O)c1cc(F)c(OCC2CN(C(=O)CCCCc3cccs3)CCO2)c(F)c1. The Labute approximate surface area is 185 Å². The Morgan fingerprint density at radius 3 is 2.71 bits per heavy atom. The number of carbonyl (C=O) groups is 2. The molecule has 1 amide bonds. The summed E-state index contributed by atoms with van der Waals surface area (Å²) in [4.78, 5) is 27.2. The molecular weight excluding hydrogens is 424 g/mol. The fourth-order valence-electron chi connectivity index (χ4n) is 3.47. The van der Waals surface area contributed by atoms with Crippen LogP contribution >= 0.6 is 11.3 Å². The Kier molecular flexibility index (Phi) is 8.54. The van der Waals surface area contributed by atoms with Gasteiger partial charge in [0.2, 0.25) is 5.91 Å². The molecule has 1 atom stereocenters. The van der Waals surface area contributed by atoms with E-state index in [2.05, 4.69) is 6.07 Å². The van der Waals surface area contributed by atoms with Crippen LogP contribution in [0.25, 0.3) is 0 Å². The van der Waals surface area contributed by atoms with Crippen molar-refractivity contribution in [2.24, 2.45) is 0 Å². The first-order valence-electron chi connectivity index (χ1n) is 10.5. The molecule has 2 aromatic rings. The molecule has 1 saturated heterocycles. The molecule has 1 unspecified atom stereocenters. The second kappa shape index (κ2) is 11.3. The highest BCUT2D eigenvalue weighted by Crippen LogP contribution is 2.25. The van der Waals surface area contributed by atoms with E-state index in [1.807, 2.05) is 11.4 Å². The van der Waals surface area contributed by atoms with Crippen molar-refractivity contribution in [2.75, 3.05) is 26.3 Å². The lowest BCUT2D eigenvalue weighted by Crippen LogP contribution is -2.47. The van der Waals surface area contributed by atoms with Crippen molar-refractivity contribution in [3.05, 3.63) is 51.7 Å². The smallest absolute Gasteiger partial charge is 0.222 e. The predicted octanol–water partition coefficient (Wildman–Crippen LogP) is 4.64. The molecule has 5 nitrogen and oxygen atoms in total. The number of morpholine rings is 1. The van der Waals surface area contributed by atoms with Gasteiger partial charge < -0.3 is 14.4 Å². The number of rotatable bonds is 10. The first kappa shape index (κ1) is 23.3. The molecule has 8 heteroatoms. The zero-order valence-corrected chi connectivity index (χ0v) is 18.4. The lowest BCUT2D eigenvalue weighted by Gasteiger charge is -2.33. The maximum atomic E-state index is 14.2. The van der Waals surface area contributed by atoms with Crippen LogP contribution in [0.5, 0.6) is 5.75 Å². The summed E-state index contributed by atoms with van der Waals surface area (Å²) in [5, 5.41) is 2.05. The number of amides is 1. The van der Waals surface area contributed by atoms with Gasteiger partial charge in [0.25, 0.3) is 0 Å². The molecule has 0 saturated carbocycles. The van der Waals surface area contributed by atoms with E-state index in [0.717, 1.165) is 31.4 Å². The highest BCUT2D eigenvalue weighted by Gasteiger charge is 2.25. The van der Waals surface area contributed by atoms with Crippen LogP contribution in [0, 0.1) is 11.6 Å². The van der Waals surface area contributed by atoms with Gasteiger partial charge in [-0.05, 0) is 42.8 Å². The van der Waals surface area contributed by atoms with Crippen molar-refractivity contribution in [2.45, 2.75) is 45.1 Å². The van der Waals surface area contributed by atoms with E-state index in [1.165, 1.54) is 4.88 Å². The summed E-state index contributed by atoms with van der Waals surface area (Å²) in [5.41, 5.74) is -0.0189. The Morgan fingerprint density at radius 2 is 2.03 bits per heavy atom. The number of ether oxygens (including phenoxy) is 2. The lowest BCUT2D eigenvalue weighted by atomic mass is 10.1. The van der Waals surface area contributed by atoms with E-state index in [9.17, 15) is 18.4 Å². The minimum atomic E-state index is -0.925. The fraction of sp³-hybridized carbons (Fsp3) is 0.478. The average Bonchev–Trinajstić information content (AvgIpc) is 3.29. The molecule has 1 fully saturated rings. The van der Waals surface area contributed by atoms with Crippen LogP contribution in [-0.4, -0.2) is 49.0 Å². The number of hydrogen-bond acceptors (Lipinski definition) is 5. The summed E-state index contributed by atoms with van der Waals surface area (Å²) >= 11 is 1.72. The van der Waals surface area contributed by atoms with Crippen molar-refractivity contribution < 1.29 is 27.8 Å². The molecule has 1 aromatic heterocycles. The van der Waals surface area contributed by atoms with Gasteiger partial charge in [0.15, 0.2) is 23.2 Å². The molecule has 0 N–H and O–H groups in total. The molecule has 168 valence electrons. The van der Waals surface area contributed by atoms with Gasteiger partial charge in [-0.3, -0.25) is 9.59 Å². The number of carbonyl (C=O) groups excluding carboxylic acids is 2.